The Kier molecular flexibility index (Phi) is 3.54. The maximum Gasteiger partial charge on any atom is 0.153 e. The van der Waals surface area contributed by atoms with E-state index in [1.165, 1.54) is 16.8 Å². The molecule has 1 aromatic heterocycles. The summed E-state index contributed by atoms with van der Waals surface area (Å²) >= 11 is 5.67. The fourth-order valence-corrected chi connectivity index (χ4v) is 2.17. The van der Waals surface area contributed by atoms with Gasteiger partial charge in [-0.1, -0.05) is 41.9 Å². The zero-order valence-electron chi connectivity index (χ0n) is 10.8. The smallest absolute Gasteiger partial charge is 0.153 e. The highest BCUT2D eigenvalue weighted by atomic mass is 35.5. The molecule has 104 valence electrons. The van der Waals surface area contributed by atoms with Crippen LogP contribution in [0.2, 0.25) is 5.02 Å². The predicted molar refractivity (Wildman–Crippen MR) is 79.4 cm³/mol. The molecule has 3 rings (SSSR count). The van der Waals surface area contributed by atoms with Crippen LogP contribution in [0.5, 0.6) is 0 Å². The van der Waals surface area contributed by atoms with Gasteiger partial charge in [0.25, 0.3) is 0 Å². The van der Waals surface area contributed by atoms with E-state index in [0.29, 0.717) is 16.9 Å². The fraction of sp³-hybridized carbons (Fsp3) is 0. The first kappa shape index (κ1) is 13.5. The van der Waals surface area contributed by atoms with Crippen LogP contribution in [0.3, 0.4) is 0 Å². The van der Waals surface area contributed by atoms with Crippen LogP contribution in [0.4, 0.5) is 4.39 Å². The van der Waals surface area contributed by atoms with E-state index in [1.807, 2.05) is 30.3 Å². The molecule has 0 atom stereocenters. The van der Waals surface area contributed by atoms with Crippen molar-refractivity contribution in [3.8, 4) is 16.9 Å². The van der Waals surface area contributed by atoms with Gasteiger partial charge in [-0.05, 0) is 12.1 Å². The topological polar surface area (TPSA) is 34.9 Å². The summed E-state index contributed by atoms with van der Waals surface area (Å²) in [5.74, 6) is -0.529. The minimum absolute atomic E-state index is 0.0461. The van der Waals surface area contributed by atoms with Gasteiger partial charge in [-0.25, -0.2) is 9.07 Å². The lowest BCUT2D eigenvalue weighted by atomic mass is 10.1. The molecule has 0 aliphatic rings. The molecule has 2 aromatic carbocycles. The number of aromatic nitrogens is 2. The summed E-state index contributed by atoms with van der Waals surface area (Å²) in [5.41, 5.74) is 2.33. The second-order valence-electron chi connectivity index (χ2n) is 4.46. The van der Waals surface area contributed by atoms with Crippen molar-refractivity contribution >= 4 is 17.9 Å². The van der Waals surface area contributed by atoms with Gasteiger partial charge in [0, 0.05) is 17.8 Å². The normalized spacial score (nSPS) is 10.6. The van der Waals surface area contributed by atoms with E-state index in [4.69, 9.17) is 11.6 Å². The van der Waals surface area contributed by atoms with Gasteiger partial charge in [-0.2, -0.15) is 5.10 Å². The second kappa shape index (κ2) is 5.50. The Balaban J connectivity index is 2.11. The number of halogens is 2. The molecule has 5 heteroatoms. The first-order chi connectivity index (χ1) is 10.2. The number of carbonyl (C=O) groups excluding carboxylic acids is 1. The second-order valence-corrected chi connectivity index (χ2v) is 4.87. The van der Waals surface area contributed by atoms with Crippen molar-refractivity contribution in [1.82, 2.24) is 9.78 Å². The van der Waals surface area contributed by atoms with Crippen molar-refractivity contribution < 1.29 is 9.18 Å². The lowest BCUT2D eigenvalue weighted by Crippen LogP contribution is -1.95. The fourth-order valence-electron chi connectivity index (χ4n) is 2.05. The van der Waals surface area contributed by atoms with Gasteiger partial charge >= 0.3 is 0 Å². The highest BCUT2D eigenvalue weighted by Gasteiger charge is 2.12. The molecule has 0 aliphatic heterocycles. The van der Waals surface area contributed by atoms with Gasteiger partial charge < -0.3 is 0 Å². The zero-order valence-corrected chi connectivity index (χ0v) is 11.6. The van der Waals surface area contributed by atoms with Crippen LogP contribution in [-0.4, -0.2) is 16.1 Å². The number of hydrogen-bond acceptors (Lipinski definition) is 2. The number of benzene rings is 2. The van der Waals surface area contributed by atoms with Gasteiger partial charge in [0.2, 0.25) is 0 Å². The van der Waals surface area contributed by atoms with E-state index >= 15 is 0 Å². The molecule has 0 amide bonds. The van der Waals surface area contributed by atoms with E-state index in [9.17, 15) is 9.18 Å². The maximum atomic E-state index is 13.5. The van der Waals surface area contributed by atoms with E-state index in [-0.39, 0.29) is 5.02 Å². The van der Waals surface area contributed by atoms with Crippen LogP contribution in [-0.2, 0) is 0 Å². The summed E-state index contributed by atoms with van der Waals surface area (Å²) < 4.78 is 15.0. The molecule has 0 N–H and O–H groups in total. The number of rotatable bonds is 3. The quantitative estimate of drug-likeness (QED) is 0.681. The lowest BCUT2D eigenvalue weighted by molar-refractivity contribution is 0.112. The number of nitrogens with zero attached hydrogens (tertiary/aromatic N) is 2. The van der Waals surface area contributed by atoms with Crippen LogP contribution in [0.25, 0.3) is 16.9 Å². The average Bonchev–Trinajstić information content (AvgIpc) is 2.95. The van der Waals surface area contributed by atoms with Gasteiger partial charge in [0.15, 0.2) is 6.29 Å². The van der Waals surface area contributed by atoms with E-state index < -0.39 is 5.82 Å². The number of carbonyl (C=O) groups is 1. The minimum Gasteiger partial charge on any atom is -0.298 e. The maximum absolute atomic E-state index is 13.5. The summed E-state index contributed by atoms with van der Waals surface area (Å²) in [6.07, 6.45) is 2.30. The lowest BCUT2D eigenvalue weighted by Gasteiger charge is -2.02. The molecular formula is C16H10ClFN2O. The third-order valence-electron chi connectivity index (χ3n) is 3.08. The Morgan fingerprint density at radius 1 is 1.14 bits per heavy atom. The Bertz CT molecular complexity index is 799. The highest BCUT2D eigenvalue weighted by molar-refractivity contribution is 6.30. The summed E-state index contributed by atoms with van der Waals surface area (Å²) in [7, 11) is 0. The summed E-state index contributed by atoms with van der Waals surface area (Å²) in [4.78, 5) is 11.2. The molecule has 1 heterocycles. The average molecular weight is 301 g/mol. The standard InChI is InChI=1S/C16H10ClFN2O/c17-14-7-6-13(8-15(14)18)20-9-12(10-21)16(19-20)11-4-2-1-3-5-11/h1-10H. The van der Waals surface area contributed by atoms with Crippen molar-refractivity contribution in [2.75, 3.05) is 0 Å². The molecule has 0 saturated heterocycles. The Morgan fingerprint density at radius 3 is 2.57 bits per heavy atom. The molecule has 0 spiro atoms. The third kappa shape index (κ3) is 2.58. The summed E-state index contributed by atoms with van der Waals surface area (Å²) in [6.45, 7) is 0. The van der Waals surface area contributed by atoms with E-state index in [0.717, 1.165) is 11.8 Å². The van der Waals surface area contributed by atoms with Crippen LogP contribution in [0.1, 0.15) is 10.4 Å². The van der Waals surface area contributed by atoms with Crippen LogP contribution < -0.4 is 0 Å². The number of hydrogen-bond donors (Lipinski definition) is 0. The first-order valence-electron chi connectivity index (χ1n) is 6.25. The Hall–Kier alpha value is -2.46. The van der Waals surface area contributed by atoms with Crippen molar-refractivity contribution in [3.05, 3.63) is 71.1 Å². The van der Waals surface area contributed by atoms with Crippen LogP contribution in [0.15, 0.2) is 54.7 Å². The third-order valence-corrected chi connectivity index (χ3v) is 3.39. The predicted octanol–water partition coefficient (Wildman–Crippen LogP) is 4.14. The molecular weight excluding hydrogens is 291 g/mol. The van der Waals surface area contributed by atoms with Gasteiger partial charge in [-0.3, -0.25) is 4.79 Å². The van der Waals surface area contributed by atoms with Gasteiger partial charge in [0.05, 0.1) is 16.3 Å². The van der Waals surface area contributed by atoms with Crippen molar-refractivity contribution in [2.45, 2.75) is 0 Å². The molecule has 0 bridgehead atoms. The molecule has 3 nitrogen and oxygen atoms in total. The monoisotopic (exact) mass is 300 g/mol. The van der Waals surface area contributed by atoms with E-state index in [2.05, 4.69) is 5.10 Å². The SMILES string of the molecule is O=Cc1cn(-c2ccc(Cl)c(F)c2)nc1-c1ccccc1. The van der Waals surface area contributed by atoms with Crippen LogP contribution >= 0.6 is 11.6 Å². The van der Waals surface area contributed by atoms with Crippen molar-refractivity contribution in [2.24, 2.45) is 0 Å². The van der Waals surface area contributed by atoms with Gasteiger partial charge in [-0.15, -0.1) is 0 Å². The number of aldehydes is 1. The molecule has 0 saturated carbocycles. The molecule has 21 heavy (non-hydrogen) atoms. The summed E-state index contributed by atoms with van der Waals surface area (Å²) in [6, 6.07) is 13.7. The molecule has 0 fully saturated rings. The largest absolute Gasteiger partial charge is 0.298 e. The Morgan fingerprint density at radius 2 is 1.90 bits per heavy atom. The zero-order chi connectivity index (χ0) is 14.8. The Labute approximate surface area is 125 Å². The highest BCUT2D eigenvalue weighted by Crippen LogP contribution is 2.23. The van der Waals surface area contributed by atoms with Gasteiger partial charge in [0.1, 0.15) is 11.5 Å². The minimum atomic E-state index is -0.529. The van der Waals surface area contributed by atoms with Crippen molar-refractivity contribution in [3.63, 3.8) is 0 Å². The van der Waals surface area contributed by atoms with Crippen molar-refractivity contribution in [1.29, 1.82) is 0 Å². The first-order valence-corrected chi connectivity index (χ1v) is 6.62. The van der Waals surface area contributed by atoms with E-state index in [1.54, 1.807) is 12.3 Å². The summed E-state index contributed by atoms with van der Waals surface area (Å²) in [5, 5.41) is 4.41. The molecule has 0 radical (unpaired) electrons. The molecule has 3 aromatic rings. The molecule has 0 unspecified atom stereocenters. The molecule has 0 aliphatic carbocycles. The van der Waals surface area contributed by atoms with Crippen LogP contribution in [0, 0.1) is 5.82 Å².